The molecular weight excluding hydrogens is 508 g/mol. The average Bonchev–Trinajstić information content (AvgIpc) is 2.77. The van der Waals surface area contributed by atoms with Crippen LogP contribution in [0.15, 0.2) is 58.3 Å². The lowest BCUT2D eigenvalue weighted by atomic mass is 9.82. The van der Waals surface area contributed by atoms with Gasteiger partial charge in [0.05, 0.1) is 28.2 Å². The Morgan fingerprint density at radius 2 is 1.31 bits per heavy atom. The summed E-state index contributed by atoms with van der Waals surface area (Å²) in [6.45, 7) is 4.96. The summed E-state index contributed by atoms with van der Waals surface area (Å²) in [6, 6.07) is 10.6. The van der Waals surface area contributed by atoms with Crippen molar-refractivity contribution in [1.82, 2.24) is 0 Å². The Balaban J connectivity index is 2.10. The molecule has 188 valence electrons. The van der Waals surface area contributed by atoms with Gasteiger partial charge in [-0.15, -0.1) is 0 Å². The topological polar surface area (TPSA) is 167 Å². The lowest BCUT2D eigenvalue weighted by Gasteiger charge is -2.26. The van der Waals surface area contributed by atoms with Crippen molar-refractivity contribution in [2.75, 3.05) is 10.6 Å². The van der Waals surface area contributed by atoms with Crippen LogP contribution in [0.3, 0.4) is 0 Å². The molecule has 0 unspecified atom stereocenters. The molecule has 4 rings (SSSR count). The van der Waals surface area contributed by atoms with Crippen molar-refractivity contribution < 1.29 is 35.5 Å². The third-order valence-corrected chi connectivity index (χ3v) is 7.33. The zero-order chi connectivity index (χ0) is 26.6. The van der Waals surface area contributed by atoms with Gasteiger partial charge in [0.15, 0.2) is 11.6 Å². The van der Waals surface area contributed by atoms with E-state index in [0.717, 1.165) is 6.07 Å². The summed E-state index contributed by atoms with van der Waals surface area (Å²) in [5.74, 6) is -1.27. The van der Waals surface area contributed by atoms with Crippen molar-refractivity contribution in [3.63, 3.8) is 0 Å². The number of rotatable bonds is 6. The van der Waals surface area contributed by atoms with Crippen molar-refractivity contribution in [2.45, 2.75) is 36.6 Å². The third kappa shape index (κ3) is 4.51. The predicted octanol–water partition coefficient (Wildman–Crippen LogP) is 3.83. The van der Waals surface area contributed by atoms with Gasteiger partial charge in [0.25, 0.3) is 20.2 Å². The Hall–Kier alpha value is -3.58. The smallest absolute Gasteiger partial charge is 0.296 e. The lowest BCUT2D eigenvalue weighted by Crippen LogP contribution is -2.26. The van der Waals surface area contributed by atoms with E-state index in [4.69, 9.17) is 0 Å². The summed E-state index contributed by atoms with van der Waals surface area (Å²) < 4.78 is 68.5. The fourth-order valence-electron chi connectivity index (χ4n) is 4.09. The fraction of sp³-hybridized carbons (Fsp3) is 0.167. The normalized spacial score (nSPS) is 13.4. The highest BCUT2D eigenvalue weighted by Gasteiger charge is 2.37. The van der Waals surface area contributed by atoms with Crippen molar-refractivity contribution >= 4 is 48.9 Å². The van der Waals surface area contributed by atoms with Crippen LogP contribution in [0.2, 0.25) is 0 Å². The molecule has 3 aromatic carbocycles. The Labute approximate surface area is 207 Å². The van der Waals surface area contributed by atoms with Gasteiger partial charge in [0, 0.05) is 17.2 Å². The molecule has 0 saturated carbocycles. The van der Waals surface area contributed by atoms with Crippen molar-refractivity contribution in [2.24, 2.45) is 0 Å². The van der Waals surface area contributed by atoms with Gasteiger partial charge in [0.2, 0.25) is 0 Å². The van der Waals surface area contributed by atoms with E-state index in [9.17, 15) is 35.5 Å². The van der Waals surface area contributed by atoms with E-state index < -0.39 is 47.6 Å². The second kappa shape index (κ2) is 8.82. The number of ketones is 2. The number of hydrogen-bond acceptors (Lipinski definition) is 8. The van der Waals surface area contributed by atoms with E-state index >= 15 is 0 Å². The lowest BCUT2D eigenvalue weighted by molar-refractivity contribution is 0.0980. The summed E-state index contributed by atoms with van der Waals surface area (Å²) in [5.41, 5.74) is -0.531. The van der Waals surface area contributed by atoms with Crippen molar-refractivity contribution in [3.05, 3.63) is 76.3 Å². The Morgan fingerprint density at radius 3 is 1.83 bits per heavy atom. The van der Waals surface area contributed by atoms with Crippen LogP contribution in [0.25, 0.3) is 0 Å². The van der Waals surface area contributed by atoms with Crippen molar-refractivity contribution in [3.8, 4) is 0 Å². The van der Waals surface area contributed by atoms with E-state index in [1.807, 2.05) is 0 Å². The van der Waals surface area contributed by atoms with Gasteiger partial charge in [-0.3, -0.25) is 18.7 Å². The van der Waals surface area contributed by atoms with Gasteiger partial charge >= 0.3 is 0 Å². The minimum absolute atomic E-state index is 0.0502. The van der Waals surface area contributed by atoms with E-state index in [2.05, 4.69) is 10.6 Å². The first-order chi connectivity index (χ1) is 16.7. The largest absolute Gasteiger partial charge is 0.381 e. The van der Waals surface area contributed by atoms with Gasteiger partial charge in [0.1, 0.15) is 9.79 Å². The molecule has 0 radical (unpaired) electrons. The van der Waals surface area contributed by atoms with Crippen LogP contribution < -0.4 is 10.6 Å². The highest BCUT2D eigenvalue weighted by molar-refractivity contribution is 7.86. The molecular formula is C24H22N2O8S2. The molecule has 0 aromatic heterocycles. The first-order valence-corrected chi connectivity index (χ1v) is 13.6. The summed E-state index contributed by atoms with van der Waals surface area (Å²) in [4.78, 5) is 26.0. The SMILES string of the molecule is Cc1ccc(Nc2cc(S(=O)(=O)O)c(NC(C)C)c3c2C(=O)c2ccccc2C3=O)c(S(=O)(=O)O)c1. The van der Waals surface area contributed by atoms with E-state index in [1.165, 1.54) is 30.3 Å². The Kier molecular flexibility index (Phi) is 6.25. The van der Waals surface area contributed by atoms with Crippen LogP contribution in [0, 0.1) is 6.92 Å². The maximum Gasteiger partial charge on any atom is 0.296 e. The van der Waals surface area contributed by atoms with Gasteiger partial charge in [-0.2, -0.15) is 16.8 Å². The van der Waals surface area contributed by atoms with Crippen LogP contribution in [0.1, 0.15) is 51.3 Å². The minimum Gasteiger partial charge on any atom is -0.381 e. The molecule has 1 aliphatic rings. The highest BCUT2D eigenvalue weighted by Crippen LogP contribution is 2.42. The molecule has 1 aliphatic carbocycles. The Morgan fingerprint density at radius 1 is 0.750 bits per heavy atom. The summed E-state index contributed by atoms with van der Waals surface area (Å²) in [7, 11) is -9.65. The number of fused-ring (bicyclic) bond motifs is 2. The monoisotopic (exact) mass is 530 g/mol. The van der Waals surface area contributed by atoms with E-state index in [-0.39, 0.29) is 39.3 Å². The standard InChI is InChI=1S/C24H22N2O8S2/c1-12(2)25-22-19(36(32,33)34)11-17(26-16-9-8-13(3)10-18(16)35(29,30)31)20-21(22)24(28)15-7-5-4-6-14(15)23(20)27/h4-12,25-26H,1-3H3,(H,29,30,31)(H,32,33,34). The second-order valence-electron chi connectivity index (χ2n) is 8.62. The predicted molar refractivity (Wildman–Crippen MR) is 133 cm³/mol. The number of aryl methyl sites for hydroxylation is 1. The quantitative estimate of drug-likeness (QED) is 0.269. The fourth-order valence-corrected chi connectivity index (χ4v) is 5.51. The van der Waals surface area contributed by atoms with Crippen LogP contribution in [0.5, 0.6) is 0 Å². The molecule has 10 nitrogen and oxygen atoms in total. The van der Waals surface area contributed by atoms with Crippen LogP contribution in [-0.2, 0) is 20.2 Å². The van der Waals surface area contributed by atoms with Crippen molar-refractivity contribution in [1.29, 1.82) is 0 Å². The maximum atomic E-state index is 13.6. The van der Waals surface area contributed by atoms with Gasteiger partial charge in [-0.05, 0) is 44.5 Å². The highest BCUT2D eigenvalue weighted by atomic mass is 32.2. The zero-order valence-electron chi connectivity index (χ0n) is 19.4. The molecule has 0 aliphatic heterocycles. The average molecular weight is 531 g/mol. The number of carbonyl (C=O) groups excluding carboxylic acids is 2. The molecule has 0 saturated heterocycles. The van der Waals surface area contributed by atoms with Crippen LogP contribution in [-0.4, -0.2) is 43.5 Å². The van der Waals surface area contributed by atoms with Gasteiger partial charge in [-0.25, -0.2) is 0 Å². The number of hydrogen-bond donors (Lipinski definition) is 4. The summed E-state index contributed by atoms with van der Waals surface area (Å²) in [5, 5.41) is 5.54. The number of benzene rings is 3. The minimum atomic E-state index is -4.92. The number of nitrogens with one attached hydrogen (secondary N) is 2. The molecule has 0 spiro atoms. The third-order valence-electron chi connectivity index (χ3n) is 5.56. The van der Waals surface area contributed by atoms with Crippen LogP contribution in [0.4, 0.5) is 17.1 Å². The van der Waals surface area contributed by atoms with Crippen LogP contribution >= 0.6 is 0 Å². The zero-order valence-corrected chi connectivity index (χ0v) is 21.0. The first-order valence-electron chi connectivity index (χ1n) is 10.7. The molecule has 3 aromatic rings. The van der Waals surface area contributed by atoms with E-state index in [0.29, 0.717) is 5.56 Å². The molecule has 0 bridgehead atoms. The van der Waals surface area contributed by atoms with Gasteiger partial charge < -0.3 is 10.6 Å². The molecule has 4 N–H and O–H groups in total. The molecule has 12 heteroatoms. The summed E-state index contributed by atoms with van der Waals surface area (Å²) in [6.07, 6.45) is 0. The Bertz CT molecular complexity index is 1660. The summed E-state index contributed by atoms with van der Waals surface area (Å²) >= 11 is 0. The number of carbonyl (C=O) groups is 2. The molecule has 0 atom stereocenters. The van der Waals surface area contributed by atoms with E-state index in [1.54, 1.807) is 32.9 Å². The molecule has 0 fully saturated rings. The molecule has 36 heavy (non-hydrogen) atoms. The maximum absolute atomic E-state index is 13.6. The van der Waals surface area contributed by atoms with Gasteiger partial charge in [-0.1, -0.05) is 30.3 Å². The molecule has 0 heterocycles. The first kappa shape index (κ1) is 25.5. The number of anilines is 3. The molecule has 0 amide bonds. The second-order valence-corrected chi connectivity index (χ2v) is 11.4.